The molecule has 2 aromatic carbocycles. The van der Waals surface area contributed by atoms with Crippen molar-refractivity contribution in [1.82, 2.24) is 4.57 Å². The van der Waals surface area contributed by atoms with Gasteiger partial charge in [-0.25, -0.2) is 14.6 Å². The second-order valence-electron chi connectivity index (χ2n) is 8.20. The molecular weight excluding hydrogens is 488 g/mol. The topological polar surface area (TPSA) is 87.0 Å². The SMILES string of the molecule is COC(=O)c1ccc(C2C(C(=O)OC(C)C)=C(C)N=c3sc(=Cc4ccc(Cl)cc4)c(=O)n32)cc1. The van der Waals surface area contributed by atoms with Crippen molar-refractivity contribution in [3.63, 3.8) is 0 Å². The van der Waals surface area contributed by atoms with Gasteiger partial charge in [-0.3, -0.25) is 9.36 Å². The molecule has 0 N–H and O–H groups in total. The molecule has 1 aliphatic rings. The first kappa shape index (κ1) is 24.6. The minimum Gasteiger partial charge on any atom is -0.465 e. The number of hydrogen-bond donors (Lipinski definition) is 0. The van der Waals surface area contributed by atoms with Crippen LogP contribution in [0.25, 0.3) is 6.08 Å². The zero-order chi connectivity index (χ0) is 25.3. The van der Waals surface area contributed by atoms with Crippen LogP contribution < -0.4 is 14.9 Å². The minimum atomic E-state index is -0.767. The van der Waals surface area contributed by atoms with Crippen molar-refractivity contribution in [2.75, 3.05) is 7.11 Å². The van der Waals surface area contributed by atoms with E-state index >= 15 is 0 Å². The molecule has 9 heteroatoms. The molecule has 1 aliphatic heterocycles. The first-order chi connectivity index (χ1) is 16.7. The van der Waals surface area contributed by atoms with Gasteiger partial charge in [0.05, 0.1) is 40.6 Å². The summed E-state index contributed by atoms with van der Waals surface area (Å²) in [7, 11) is 1.31. The zero-order valence-corrected chi connectivity index (χ0v) is 21.1. The van der Waals surface area contributed by atoms with Crippen LogP contribution in [-0.4, -0.2) is 29.7 Å². The standard InChI is InChI=1S/C26H23ClN2O5S/c1-14(2)34-25(32)21-15(3)28-26-29(22(21)17-7-9-18(10-8-17)24(31)33-4)23(30)20(35-26)13-16-5-11-19(27)12-6-16/h5-14,22H,1-4H3. The third kappa shape index (κ3) is 4.99. The molecule has 0 bridgehead atoms. The number of carbonyl (C=O) groups excluding carboxylic acids is 2. The van der Waals surface area contributed by atoms with Crippen LogP contribution in [-0.2, 0) is 14.3 Å². The number of carbonyl (C=O) groups is 2. The summed E-state index contributed by atoms with van der Waals surface area (Å²) >= 11 is 7.22. The Morgan fingerprint density at radius 3 is 2.34 bits per heavy atom. The number of fused-ring (bicyclic) bond motifs is 1. The molecule has 0 aliphatic carbocycles. The molecule has 4 rings (SSSR count). The van der Waals surface area contributed by atoms with E-state index in [0.29, 0.717) is 31.2 Å². The Balaban J connectivity index is 1.91. The largest absolute Gasteiger partial charge is 0.465 e. The molecule has 3 aromatic rings. The number of aromatic nitrogens is 1. The highest BCUT2D eigenvalue weighted by Gasteiger charge is 2.33. The van der Waals surface area contributed by atoms with Crippen molar-refractivity contribution < 1.29 is 19.1 Å². The number of thiazole rings is 1. The van der Waals surface area contributed by atoms with Gasteiger partial charge in [0.15, 0.2) is 4.80 Å². The second kappa shape index (κ2) is 10.0. The van der Waals surface area contributed by atoms with Crippen LogP contribution in [0.5, 0.6) is 0 Å². The quantitative estimate of drug-likeness (QED) is 0.489. The minimum absolute atomic E-state index is 0.273. The summed E-state index contributed by atoms with van der Waals surface area (Å²) in [5, 5.41) is 0.600. The van der Waals surface area contributed by atoms with E-state index in [2.05, 4.69) is 4.99 Å². The van der Waals surface area contributed by atoms with Gasteiger partial charge >= 0.3 is 11.9 Å². The summed E-state index contributed by atoms with van der Waals surface area (Å²) in [6.45, 7) is 5.24. The fourth-order valence-corrected chi connectivity index (χ4v) is 4.98. The summed E-state index contributed by atoms with van der Waals surface area (Å²) in [6.07, 6.45) is 1.42. The van der Waals surface area contributed by atoms with Crippen molar-refractivity contribution in [1.29, 1.82) is 0 Å². The maximum atomic E-state index is 13.6. The number of ether oxygens (including phenoxy) is 2. The molecule has 0 fully saturated rings. The highest BCUT2D eigenvalue weighted by Crippen LogP contribution is 2.31. The van der Waals surface area contributed by atoms with Crippen molar-refractivity contribution in [2.45, 2.75) is 32.9 Å². The third-order valence-corrected chi connectivity index (χ3v) is 6.63. The van der Waals surface area contributed by atoms with Crippen LogP contribution in [0.4, 0.5) is 0 Å². The lowest BCUT2D eigenvalue weighted by Gasteiger charge is -2.25. The molecule has 180 valence electrons. The van der Waals surface area contributed by atoms with Crippen molar-refractivity contribution >= 4 is 41.0 Å². The van der Waals surface area contributed by atoms with E-state index in [-0.39, 0.29) is 17.2 Å². The summed E-state index contributed by atoms with van der Waals surface area (Å²) in [5.41, 5.74) is 2.27. The van der Waals surface area contributed by atoms with Gasteiger partial charge in [-0.1, -0.05) is 47.2 Å². The Morgan fingerprint density at radius 1 is 1.09 bits per heavy atom. The maximum absolute atomic E-state index is 13.6. The van der Waals surface area contributed by atoms with E-state index in [0.717, 1.165) is 5.56 Å². The van der Waals surface area contributed by atoms with Crippen LogP contribution in [0.15, 0.2) is 69.6 Å². The molecule has 0 amide bonds. The summed E-state index contributed by atoms with van der Waals surface area (Å²) in [6, 6.07) is 13.0. The molecule has 2 heterocycles. The van der Waals surface area contributed by atoms with E-state index in [9.17, 15) is 14.4 Å². The van der Waals surface area contributed by atoms with Gasteiger partial charge in [0.25, 0.3) is 5.56 Å². The van der Waals surface area contributed by atoms with Crippen LogP contribution in [0.1, 0.15) is 48.3 Å². The van der Waals surface area contributed by atoms with Crippen LogP contribution in [0, 0.1) is 0 Å². The fourth-order valence-electron chi connectivity index (χ4n) is 3.81. The predicted molar refractivity (Wildman–Crippen MR) is 134 cm³/mol. The van der Waals surface area contributed by atoms with Gasteiger partial charge in [0.1, 0.15) is 0 Å². The highest BCUT2D eigenvalue weighted by molar-refractivity contribution is 7.07. The fraction of sp³-hybridized carbons (Fsp3) is 0.231. The summed E-state index contributed by atoms with van der Waals surface area (Å²) in [4.78, 5) is 43.7. The molecule has 0 radical (unpaired) electrons. The van der Waals surface area contributed by atoms with E-state index in [1.165, 1.54) is 23.0 Å². The molecule has 1 aromatic heterocycles. The van der Waals surface area contributed by atoms with Gasteiger partial charge in [-0.2, -0.15) is 0 Å². The zero-order valence-electron chi connectivity index (χ0n) is 19.6. The molecule has 0 saturated heterocycles. The number of halogens is 1. The van der Waals surface area contributed by atoms with E-state index in [1.54, 1.807) is 63.2 Å². The number of benzene rings is 2. The van der Waals surface area contributed by atoms with Gasteiger partial charge in [0, 0.05) is 5.02 Å². The smallest absolute Gasteiger partial charge is 0.338 e. The van der Waals surface area contributed by atoms with Gasteiger partial charge in [-0.05, 0) is 62.2 Å². The Bertz CT molecular complexity index is 1500. The number of rotatable bonds is 5. The Kier molecular flexibility index (Phi) is 7.05. The highest BCUT2D eigenvalue weighted by atomic mass is 35.5. The molecule has 0 spiro atoms. The van der Waals surface area contributed by atoms with Gasteiger partial charge in [0.2, 0.25) is 0 Å². The lowest BCUT2D eigenvalue weighted by molar-refractivity contribution is -0.143. The van der Waals surface area contributed by atoms with Crippen molar-refractivity contribution in [3.05, 3.63) is 101 Å². The van der Waals surface area contributed by atoms with Crippen LogP contribution >= 0.6 is 22.9 Å². The van der Waals surface area contributed by atoms with E-state index in [1.807, 2.05) is 12.1 Å². The van der Waals surface area contributed by atoms with Crippen molar-refractivity contribution in [3.8, 4) is 0 Å². The van der Waals surface area contributed by atoms with Gasteiger partial charge < -0.3 is 9.47 Å². The summed E-state index contributed by atoms with van der Waals surface area (Å²) < 4.78 is 12.2. The molecule has 1 unspecified atom stereocenters. The average molecular weight is 511 g/mol. The third-order valence-electron chi connectivity index (χ3n) is 5.40. The average Bonchev–Trinajstić information content (AvgIpc) is 3.13. The molecule has 0 saturated carbocycles. The van der Waals surface area contributed by atoms with Crippen LogP contribution in [0.2, 0.25) is 5.02 Å². The van der Waals surface area contributed by atoms with Crippen molar-refractivity contribution in [2.24, 2.45) is 4.99 Å². The molecule has 1 atom stereocenters. The number of hydrogen-bond acceptors (Lipinski definition) is 7. The Morgan fingerprint density at radius 2 is 1.74 bits per heavy atom. The Hall–Kier alpha value is -3.49. The first-order valence-corrected chi connectivity index (χ1v) is 12.1. The Labute approximate surface area is 210 Å². The lowest BCUT2D eigenvalue weighted by atomic mass is 9.95. The number of methoxy groups -OCH3 is 1. The molecule has 7 nitrogen and oxygen atoms in total. The predicted octanol–water partition coefficient (Wildman–Crippen LogP) is 3.63. The van der Waals surface area contributed by atoms with Crippen LogP contribution in [0.3, 0.4) is 0 Å². The molecular formula is C26H23ClN2O5S. The maximum Gasteiger partial charge on any atom is 0.338 e. The lowest BCUT2D eigenvalue weighted by Crippen LogP contribution is -2.40. The summed E-state index contributed by atoms with van der Waals surface area (Å²) in [5.74, 6) is -1.02. The second-order valence-corrected chi connectivity index (χ2v) is 9.65. The first-order valence-electron chi connectivity index (χ1n) is 10.9. The van der Waals surface area contributed by atoms with E-state index < -0.39 is 18.0 Å². The number of nitrogens with zero attached hydrogens (tertiary/aromatic N) is 2. The number of allylic oxidation sites excluding steroid dienone is 1. The monoisotopic (exact) mass is 510 g/mol. The van der Waals surface area contributed by atoms with Gasteiger partial charge in [-0.15, -0.1) is 0 Å². The molecule has 35 heavy (non-hydrogen) atoms. The number of esters is 2. The van der Waals surface area contributed by atoms with E-state index in [4.69, 9.17) is 21.1 Å². The normalized spacial score (nSPS) is 15.6.